The van der Waals surface area contributed by atoms with Crippen LogP contribution in [-0.4, -0.2) is 11.0 Å². The van der Waals surface area contributed by atoms with E-state index in [9.17, 15) is 0 Å². The normalized spacial score (nSPS) is 18.7. The maximum absolute atomic E-state index is 6.08. The summed E-state index contributed by atoms with van der Waals surface area (Å²) < 4.78 is 0. The minimum Gasteiger partial charge on any atom is -0.398 e. The van der Waals surface area contributed by atoms with Gasteiger partial charge in [0, 0.05) is 40.1 Å². The van der Waals surface area contributed by atoms with Crippen LogP contribution < -0.4 is 11.1 Å². The molecule has 4 rings (SSSR count). The number of fused-ring (bicyclic) bond motifs is 1. The molecule has 1 heterocycles. The van der Waals surface area contributed by atoms with E-state index in [1.807, 2.05) is 19.2 Å². The number of nitrogens with one attached hydrogen (secondary N) is 1. The maximum atomic E-state index is 6.08. The Morgan fingerprint density at radius 1 is 1.15 bits per heavy atom. The minimum atomic E-state index is 0.662. The summed E-state index contributed by atoms with van der Waals surface area (Å²) in [5.41, 5.74) is 9.16. The highest BCUT2D eigenvalue weighted by molar-refractivity contribution is 6.00. The van der Waals surface area contributed by atoms with Crippen molar-refractivity contribution in [1.29, 1.82) is 0 Å². The molecule has 2 fully saturated rings. The van der Waals surface area contributed by atoms with Crippen molar-refractivity contribution in [3.63, 3.8) is 0 Å². The monoisotopic (exact) mass is 267 g/mol. The van der Waals surface area contributed by atoms with Gasteiger partial charge in [-0.25, -0.2) is 0 Å². The Hall–Kier alpha value is -1.77. The molecule has 0 radical (unpaired) electrons. The van der Waals surface area contributed by atoms with E-state index in [4.69, 9.17) is 5.73 Å². The number of nitrogens with zero attached hydrogens (tertiary/aromatic N) is 1. The minimum absolute atomic E-state index is 0.662. The Labute approximate surface area is 119 Å². The van der Waals surface area contributed by atoms with Gasteiger partial charge in [0.25, 0.3) is 0 Å². The van der Waals surface area contributed by atoms with Crippen molar-refractivity contribution in [3.05, 3.63) is 30.1 Å². The van der Waals surface area contributed by atoms with E-state index in [1.165, 1.54) is 36.8 Å². The molecule has 104 valence electrons. The summed E-state index contributed by atoms with van der Waals surface area (Å²) in [6, 6.07) is 6.94. The summed E-state index contributed by atoms with van der Waals surface area (Å²) in [5, 5.41) is 6.09. The predicted octanol–water partition coefficient (Wildman–Crippen LogP) is 3.73. The first-order valence-electron chi connectivity index (χ1n) is 7.64. The van der Waals surface area contributed by atoms with Gasteiger partial charge in [0.1, 0.15) is 0 Å². The lowest BCUT2D eigenvalue weighted by molar-refractivity contribution is 0.568. The number of nitrogens with two attached hydrogens (primary N) is 1. The molecule has 0 saturated heterocycles. The van der Waals surface area contributed by atoms with E-state index in [0.29, 0.717) is 6.04 Å². The van der Waals surface area contributed by atoms with Crippen LogP contribution in [0.25, 0.3) is 10.8 Å². The molecule has 0 atom stereocenters. The van der Waals surface area contributed by atoms with Gasteiger partial charge < -0.3 is 11.1 Å². The van der Waals surface area contributed by atoms with Crippen molar-refractivity contribution in [2.24, 2.45) is 11.8 Å². The number of hydrogen-bond donors (Lipinski definition) is 2. The molecule has 0 unspecified atom stereocenters. The third kappa shape index (κ3) is 2.11. The van der Waals surface area contributed by atoms with Crippen LogP contribution in [0.1, 0.15) is 31.4 Å². The summed E-state index contributed by atoms with van der Waals surface area (Å²) >= 11 is 0. The first-order chi connectivity index (χ1) is 9.72. The molecule has 3 N–H and O–H groups in total. The zero-order chi connectivity index (χ0) is 13.7. The molecular formula is C17H21N3. The molecule has 0 amide bonds. The van der Waals surface area contributed by atoms with Crippen LogP contribution in [-0.2, 0) is 0 Å². The molecule has 1 aromatic heterocycles. The number of aryl methyl sites for hydroxylation is 1. The molecule has 2 aliphatic carbocycles. The topological polar surface area (TPSA) is 50.9 Å². The van der Waals surface area contributed by atoms with Crippen LogP contribution in [0, 0.1) is 18.8 Å². The lowest BCUT2D eigenvalue weighted by Crippen LogP contribution is -2.24. The molecule has 1 aromatic carbocycles. The summed E-state index contributed by atoms with van der Waals surface area (Å²) in [6.45, 7) is 2.03. The van der Waals surface area contributed by atoms with Gasteiger partial charge >= 0.3 is 0 Å². The molecule has 2 aromatic rings. The van der Waals surface area contributed by atoms with Crippen LogP contribution in [0.2, 0.25) is 0 Å². The first-order valence-corrected chi connectivity index (χ1v) is 7.64. The van der Waals surface area contributed by atoms with Crippen molar-refractivity contribution in [2.45, 2.75) is 38.6 Å². The van der Waals surface area contributed by atoms with E-state index in [1.54, 1.807) is 0 Å². The Morgan fingerprint density at radius 3 is 2.50 bits per heavy atom. The summed E-state index contributed by atoms with van der Waals surface area (Å²) in [4.78, 5) is 4.38. The van der Waals surface area contributed by atoms with Crippen LogP contribution in [0.4, 0.5) is 11.4 Å². The van der Waals surface area contributed by atoms with E-state index in [0.717, 1.165) is 28.6 Å². The van der Waals surface area contributed by atoms with E-state index in [-0.39, 0.29) is 0 Å². The molecule has 3 heteroatoms. The molecule has 20 heavy (non-hydrogen) atoms. The van der Waals surface area contributed by atoms with Crippen molar-refractivity contribution < 1.29 is 0 Å². The molecular weight excluding hydrogens is 246 g/mol. The Balaban J connectivity index is 1.74. The van der Waals surface area contributed by atoms with Gasteiger partial charge in [-0.1, -0.05) is 0 Å². The van der Waals surface area contributed by atoms with Gasteiger partial charge in [0.15, 0.2) is 0 Å². The standard InChI is InChI=1S/C17H21N3/c1-10-8-13-14(9-19-10)15(18)6-7-16(13)20-17(11-2-3-11)12-4-5-12/h6-9,11-12,17,20H,2-5,18H2,1H3. The fourth-order valence-electron chi connectivity index (χ4n) is 3.20. The van der Waals surface area contributed by atoms with Crippen molar-refractivity contribution in [3.8, 4) is 0 Å². The van der Waals surface area contributed by atoms with Gasteiger partial charge in [0.2, 0.25) is 0 Å². The van der Waals surface area contributed by atoms with Crippen molar-refractivity contribution in [1.82, 2.24) is 4.98 Å². The fraction of sp³-hybridized carbons (Fsp3) is 0.471. The highest BCUT2D eigenvalue weighted by Gasteiger charge is 2.41. The first kappa shape index (κ1) is 12.0. The van der Waals surface area contributed by atoms with Gasteiger partial charge in [-0.15, -0.1) is 0 Å². The number of pyridine rings is 1. The quantitative estimate of drug-likeness (QED) is 0.830. The third-order valence-corrected chi connectivity index (χ3v) is 4.65. The van der Waals surface area contributed by atoms with Gasteiger partial charge in [-0.2, -0.15) is 0 Å². The van der Waals surface area contributed by atoms with Gasteiger partial charge in [-0.3, -0.25) is 4.98 Å². The lowest BCUT2D eigenvalue weighted by atomic mass is 10.0. The second-order valence-electron chi connectivity index (χ2n) is 6.42. The molecule has 0 aliphatic heterocycles. The third-order valence-electron chi connectivity index (χ3n) is 4.65. The predicted molar refractivity (Wildman–Crippen MR) is 83.8 cm³/mol. The largest absolute Gasteiger partial charge is 0.398 e. The Morgan fingerprint density at radius 2 is 1.85 bits per heavy atom. The molecule has 2 aliphatic rings. The van der Waals surface area contributed by atoms with Crippen molar-refractivity contribution >= 4 is 22.1 Å². The fourth-order valence-corrected chi connectivity index (χ4v) is 3.20. The van der Waals surface area contributed by atoms with Crippen LogP contribution in [0.3, 0.4) is 0 Å². The molecule has 3 nitrogen and oxygen atoms in total. The summed E-state index contributed by atoms with van der Waals surface area (Å²) in [5.74, 6) is 1.77. The average Bonchev–Trinajstić information content (AvgIpc) is 3.30. The molecule has 0 bridgehead atoms. The van der Waals surface area contributed by atoms with Crippen LogP contribution >= 0.6 is 0 Å². The van der Waals surface area contributed by atoms with E-state index < -0.39 is 0 Å². The zero-order valence-corrected chi connectivity index (χ0v) is 11.9. The number of aromatic nitrogens is 1. The number of rotatable bonds is 4. The summed E-state index contributed by atoms with van der Waals surface area (Å²) in [7, 11) is 0. The Bertz CT molecular complexity index is 645. The number of nitrogen functional groups attached to an aromatic ring is 1. The van der Waals surface area contributed by atoms with Gasteiger partial charge in [-0.05, 0) is 62.6 Å². The SMILES string of the molecule is Cc1cc2c(NC(C3CC3)C3CC3)ccc(N)c2cn1. The smallest absolute Gasteiger partial charge is 0.0424 e. The second-order valence-corrected chi connectivity index (χ2v) is 6.42. The highest BCUT2D eigenvalue weighted by atomic mass is 15.0. The molecule has 0 spiro atoms. The van der Waals surface area contributed by atoms with Crippen LogP contribution in [0.5, 0.6) is 0 Å². The number of benzene rings is 1. The molecule has 2 saturated carbocycles. The average molecular weight is 267 g/mol. The van der Waals surface area contributed by atoms with Crippen molar-refractivity contribution in [2.75, 3.05) is 11.1 Å². The van der Waals surface area contributed by atoms with Gasteiger partial charge in [0.05, 0.1) is 0 Å². The lowest BCUT2D eigenvalue weighted by Gasteiger charge is -2.21. The zero-order valence-electron chi connectivity index (χ0n) is 11.9. The summed E-state index contributed by atoms with van der Waals surface area (Å²) in [6.07, 6.45) is 7.46. The Kier molecular flexibility index (Phi) is 2.62. The number of hydrogen-bond acceptors (Lipinski definition) is 3. The number of anilines is 2. The van der Waals surface area contributed by atoms with E-state index in [2.05, 4.69) is 22.4 Å². The maximum Gasteiger partial charge on any atom is 0.0424 e. The van der Waals surface area contributed by atoms with E-state index >= 15 is 0 Å². The highest BCUT2D eigenvalue weighted by Crippen LogP contribution is 2.46. The second kappa shape index (κ2) is 4.37. The van der Waals surface area contributed by atoms with Crippen LogP contribution in [0.15, 0.2) is 24.4 Å².